The summed E-state index contributed by atoms with van der Waals surface area (Å²) in [5.41, 5.74) is 4.07. The molecule has 0 aliphatic heterocycles. The second-order valence-corrected chi connectivity index (χ2v) is 6.63. The third kappa shape index (κ3) is 5.60. The quantitative estimate of drug-likeness (QED) is 0.400. The average Bonchev–Trinajstić information content (AvgIpc) is 2.80. The van der Waals surface area contributed by atoms with E-state index in [0.717, 1.165) is 27.8 Å². The minimum Gasteiger partial charge on any atom is -0.289 e. The summed E-state index contributed by atoms with van der Waals surface area (Å²) in [5.74, 6) is 0.158. The average molecular weight is 378 g/mol. The predicted molar refractivity (Wildman–Crippen MR) is 117 cm³/mol. The van der Waals surface area contributed by atoms with Gasteiger partial charge in [-0.25, -0.2) is 0 Å². The molecule has 29 heavy (non-hydrogen) atoms. The lowest BCUT2D eigenvalue weighted by molar-refractivity contribution is 0.103. The van der Waals surface area contributed by atoms with E-state index in [2.05, 4.69) is 0 Å². The zero-order chi connectivity index (χ0) is 20.5. The molecular weight excluding hydrogens is 356 g/mol. The fraction of sp³-hybridized carbons (Fsp3) is 0.0370. The Balaban J connectivity index is 0.000000166. The van der Waals surface area contributed by atoms with Gasteiger partial charge >= 0.3 is 0 Å². The van der Waals surface area contributed by atoms with Crippen molar-refractivity contribution in [2.75, 3.05) is 0 Å². The van der Waals surface area contributed by atoms with Crippen molar-refractivity contribution in [2.45, 2.75) is 6.92 Å². The van der Waals surface area contributed by atoms with Crippen LogP contribution >= 0.6 is 0 Å². The molecule has 0 N–H and O–H groups in total. The van der Waals surface area contributed by atoms with Crippen LogP contribution in [0.5, 0.6) is 0 Å². The van der Waals surface area contributed by atoms with Gasteiger partial charge in [-0.05, 0) is 13.0 Å². The largest absolute Gasteiger partial charge is 0.289 e. The molecule has 0 atom stereocenters. The maximum Gasteiger partial charge on any atom is 0.193 e. The van der Waals surface area contributed by atoms with Crippen LogP contribution in [0.3, 0.4) is 0 Å². The maximum atomic E-state index is 12.0. The van der Waals surface area contributed by atoms with Crippen molar-refractivity contribution in [2.24, 2.45) is 0 Å². The second-order valence-electron chi connectivity index (χ2n) is 6.63. The molecule has 4 rings (SSSR count). The summed E-state index contributed by atoms with van der Waals surface area (Å²) < 4.78 is 0. The topological polar surface area (TPSA) is 34.1 Å². The molecule has 0 unspecified atom stereocenters. The van der Waals surface area contributed by atoms with E-state index in [4.69, 9.17) is 0 Å². The molecule has 4 aromatic carbocycles. The lowest BCUT2D eigenvalue weighted by Crippen LogP contribution is -2.00. The first-order valence-corrected chi connectivity index (χ1v) is 9.46. The molecule has 0 spiro atoms. The zero-order valence-electron chi connectivity index (χ0n) is 16.3. The molecule has 0 fully saturated rings. The first-order valence-electron chi connectivity index (χ1n) is 9.46. The van der Waals surface area contributed by atoms with Crippen LogP contribution < -0.4 is 0 Å². The molecule has 0 saturated heterocycles. The SMILES string of the molecule is Cc1cccc(C(=O)c2ccccc2)c1.O=C(c1ccccc1)c1ccccc1. The van der Waals surface area contributed by atoms with Gasteiger partial charge in [0.15, 0.2) is 11.6 Å². The van der Waals surface area contributed by atoms with Crippen LogP contribution in [0, 0.1) is 6.92 Å². The summed E-state index contributed by atoms with van der Waals surface area (Å²) in [4.78, 5) is 23.8. The standard InChI is InChI=1S/C14H12O.C13H10O/c1-11-6-5-9-13(10-11)14(15)12-7-3-2-4-8-12;14-13(11-7-3-1-4-8-11)12-9-5-2-6-10-12/h2-10H,1H3;1-10H. The molecule has 0 aromatic heterocycles. The maximum absolute atomic E-state index is 12.0. The van der Waals surface area contributed by atoms with Crippen molar-refractivity contribution in [3.63, 3.8) is 0 Å². The number of carbonyl (C=O) groups excluding carboxylic acids is 2. The van der Waals surface area contributed by atoms with E-state index in [1.807, 2.05) is 122 Å². The van der Waals surface area contributed by atoms with E-state index in [1.165, 1.54) is 0 Å². The van der Waals surface area contributed by atoms with Crippen LogP contribution in [-0.4, -0.2) is 11.6 Å². The summed E-state index contributed by atoms with van der Waals surface area (Å²) in [6, 6.07) is 35.6. The molecule has 0 radical (unpaired) electrons. The van der Waals surface area contributed by atoms with E-state index in [1.54, 1.807) is 0 Å². The molecule has 0 saturated carbocycles. The van der Waals surface area contributed by atoms with Gasteiger partial charge in [-0.2, -0.15) is 0 Å². The minimum atomic E-state index is 0.0752. The smallest absolute Gasteiger partial charge is 0.193 e. The fourth-order valence-electron chi connectivity index (χ4n) is 2.89. The summed E-state index contributed by atoms with van der Waals surface area (Å²) in [7, 11) is 0. The van der Waals surface area contributed by atoms with Crippen molar-refractivity contribution in [3.05, 3.63) is 143 Å². The molecular formula is C27H22O2. The van der Waals surface area contributed by atoms with Gasteiger partial charge in [0.25, 0.3) is 0 Å². The van der Waals surface area contributed by atoms with Crippen molar-refractivity contribution in [3.8, 4) is 0 Å². The van der Waals surface area contributed by atoms with Gasteiger partial charge in [0, 0.05) is 22.3 Å². The van der Waals surface area contributed by atoms with Crippen LogP contribution in [0.4, 0.5) is 0 Å². The zero-order valence-corrected chi connectivity index (χ0v) is 16.3. The second kappa shape index (κ2) is 9.95. The molecule has 142 valence electrons. The van der Waals surface area contributed by atoms with Gasteiger partial charge < -0.3 is 0 Å². The summed E-state index contributed by atoms with van der Waals surface area (Å²) in [5, 5.41) is 0. The Morgan fingerprint density at radius 2 is 0.793 bits per heavy atom. The highest BCUT2D eigenvalue weighted by Crippen LogP contribution is 2.11. The Hall–Kier alpha value is -3.78. The van der Waals surface area contributed by atoms with Crippen LogP contribution in [0.1, 0.15) is 37.4 Å². The van der Waals surface area contributed by atoms with Gasteiger partial charge in [0.05, 0.1) is 0 Å². The number of rotatable bonds is 4. The number of benzene rings is 4. The Bertz CT molecular complexity index is 1030. The number of carbonyl (C=O) groups is 2. The molecule has 0 amide bonds. The minimum absolute atomic E-state index is 0.0752. The van der Waals surface area contributed by atoms with Crippen molar-refractivity contribution >= 4 is 11.6 Å². The first-order chi connectivity index (χ1) is 14.1. The normalized spacial score (nSPS) is 9.83. The van der Waals surface area contributed by atoms with Gasteiger partial charge in [0.1, 0.15) is 0 Å². The molecule has 2 heteroatoms. The van der Waals surface area contributed by atoms with E-state index < -0.39 is 0 Å². The molecule has 2 nitrogen and oxygen atoms in total. The number of hydrogen-bond donors (Lipinski definition) is 0. The molecule has 0 aliphatic carbocycles. The highest BCUT2D eigenvalue weighted by molar-refractivity contribution is 6.09. The Morgan fingerprint density at radius 3 is 1.17 bits per heavy atom. The molecule has 0 aliphatic rings. The van der Waals surface area contributed by atoms with Crippen LogP contribution in [0.2, 0.25) is 0 Å². The fourth-order valence-corrected chi connectivity index (χ4v) is 2.89. The van der Waals surface area contributed by atoms with Gasteiger partial charge in [0.2, 0.25) is 0 Å². The lowest BCUT2D eigenvalue weighted by atomic mass is 10.0. The van der Waals surface area contributed by atoms with Gasteiger partial charge in [-0.15, -0.1) is 0 Å². The van der Waals surface area contributed by atoms with E-state index in [9.17, 15) is 9.59 Å². The van der Waals surface area contributed by atoms with Crippen molar-refractivity contribution in [1.82, 2.24) is 0 Å². The Kier molecular flexibility index (Phi) is 6.85. The summed E-state index contributed by atoms with van der Waals surface area (Å²) >= 11 is 0. The first kappa shape index (κ1) is 20.0. The Labute approximate surface area is 171 Å². The molecule has 0 bridgehead atoms. The van der Waals surface area contributed by atoms with E-state index >= 15 is 0 Å². The highest BCUT2D eigenvalue weighted by atomic mass is 16.1. The third-order valence-electron chi connectivity index (χ3n) is 4.39. The summed E-state index contributed by atoms with van der Waals surface area (Å²) in [6.45, 7) is 1.99. The molecule has 0 heterocycles. The van der Waals surface area contributed by atoms with Crippen LogP contribution in [-0.2, 0) is 0 Å². The molecule has 4 aromatic rings. The third-order valence-corrected chi connectivity index (χ3v) is 4.39. The predicted octanol–water partition coefficient (Wildman–Crippen LogP) is 6.14. The van der Waals surface area contributed by atoms with Crippen molar-refractivity contribution in [1.29, 1.82) is 0 Å². The van der Waals surface area contributed by atoms with Gasteiger partial charge in [-0.3, -0.25) is 9.59 Å². The van der Waals surface area contributed by atoms with E-state index in [0.29, 0.717) is 0 Å². The summed E-state index contributed by atoms with van der Waals surface area (Å²) in [6.07, 6.45) is 0. The van der Waals surface area contributed by atoms with Gasteiger partial charge in [-0.1, -0.05) is 115 Å². The van der Waals surface area contributed by atoms with Crippen molar-refractivity contribution < 1.29 is 9.59 Å². The Morgan fingerprint density at radius 1 is 0.448 bits per heavy atom. The number of ketones is 2. The number of aryl methyl sites for hydroxylation is 1. The lowest BCUT2D eigenvalue weighted by Gasteiger charge is -2.01. The highest BCUT2D eigenvalue weighted by Gasteiger charge is 2.07. The van der Waals surface area contributed by atoms with Crippen LogP contribution in [0.15, 0.2) is 115 Å². The van der Waals surface area contributed by atoms with Crippen LogP contribution in [0.25, 0.3) is 0 Å². The monoisotopic (exact) mass is 378 g/mol. The van der Waals surface area contributed by atoms with E-state index in [-0.39, 0.29) is 11.6 Å². The number of hydrogen-bond acceptors (Lipinski definition) is 2.